The Kier molecular flexibility index (Phi) is 10.5. The van der Waals surface area contributed by atoms with Gasteiger partial charge in [-0.15, -0.1) is 0 Å². The lowest BCUT2D eigenvalue weighted by Crippen LogP contribution is -2.51. The minimum absolute atomic E-state index is 0.162. The molecule has 0 fully saturated rings. The number of carbonyl (C=O) groups is 2. The number of rotatable bonds is 10. The number of halogens is 6. The summed E-state index contributed by atoms with van der Waals surface area (Å²) in [6.45, 7) is 2.55. The number of alkyl halides is 3. The van der Waals surface area contributed by atoms with Crippen LogP contribution in [-0.4, -0.2) is 50.5 Å². The third kappa shape index (κ3) is 8.39. The number of anilines is 1. The first-order chi connectivity index (χ1) is 17.1. The molecular weight excluding hydrogens is 578 g/mol. The van der Waals surface area contributed by atoms with Crippen LogP contribution in [0.2, 0.25) is 15.1 Å². The maximum Gasteiger partial charge on any atom is 0.416 e. The third-order valence-electron chi connectivity index (χ3n) is 5.27. The summed E-state index contributed by atoms with van der Waals surface area (Å²) < 4.78 is 65.6. The molecule has 0 spiro atoms. The van der Waals surface area contributed by atoms with Crippen LogP contribution in [0.5, 0.6) is 0 Å². The van der Waals surface area contributed by atoms with Gasteiger partial charge in [-0.25, -0.2) is 8.42 Å². The zero-order valence-corrected chi connectivity index (χ0v) is 23.2. The SMILES string of the molecule is CCCNC(=O)[C@H](C)N(Cc1ccc(Cl)c(Cl)c1)C(=O)CN(c1cc(C(F)(F)F)ccc1Cl)S(C)(=O)=O. The van der Waals surface area contributed by atoms with Crippen LogP contribution in [0.4, 0.5) is 18.9 Å². The Labute approximate surface area is 228 Å². The van der Waals surface area contributed by atoms with Gasteiger partial charge in [0.1, 0.15) is 12.6 Å². The average Bonchev–Trinajstić information content (AvgIpc) is 2.80. The van der Waals surface area contributed by atoms with Gasteiger partial charge in [0.15, 0.2) is 0 Å². The van der Waals surface area contributed by atoms with E-state index >= 15 is 0 Å². The van der Waals surface area contributed by atoms with Crippen LogP contribution < -0.4 is 9.62 Å². The van der Waals surface area contributed by atoms with Crippen LogP contribution >= 0.6 is 34.8 Å². The largest absolute Gasteiger partial charge is 0.416 e. The van der Waals surface area contributed by atoms with Crippen LogP contribution in [0.1, 0.15) is 31.4 Å². The molecule has 0 aliphatic carbocycles. The van der Waals surface area contributed by atoms with Crippen molar-refractivity contribution < 1.29 is 31.2 Å². The summed E-state index contributed by atoms with van der Waals surface area (Å²) in [6, 6.07) is 5.64. The number of hydrogen-bond donors (Lipinski definition) is 1. The van der Waals surface area contributed by atoms with Gasteiger partial charge in [0, 0.05) is 13.1 Å². The fourth-order valence-corrected chi connectivity index (χ4v) is 4.73. The van der Waals surface area contributed by atoms with Gasteiger partial charge in [-0.2, -0.15) is 13.2 Å². The van der Waals surface area contributed by atoms with E-state index in [0.29, 0.717) is 35.0 Å². The molecule has 1 N–H and O–H groups in total. The number of hydrogen-bond acceptors (Lipinski definition) is 4. The van der Waals surface area contributed by atoms with Gasteiger partial charge in [-0.1, -0.05) is 47.8 Å². The monoisotopic (exact) mass is 601 g/mol. The van der Waals surface area contributed by atoms with Crippen LogP contribution in [0.25, 0.3) is 0 Å². The molecule has 0 aromatic heterocycles. The number of sulfonamides is 1. The van der Waals surface area contributed by atoms with Gasteiger partial charge >= 0.3 is 6.18 Å². The van der Waals surface area contributed by atoms with Crippen LogP contribution in [0.3, 0.4) is 0 Å². The molecule has 0 bridgehead atoms. The molecule has 37 heavy (non-hydrogen) atoms. The minimum atomic E-state index is -4.78. The molecule has 2 aromatic rings. The van der Waals surface area contributed by atoms with E-state index in [4.69, 9.17) is 34.8 Å². The number of carbonyl (C=O) groups excluding carboxylic acids is 2. The normalized spacial score (nSPS) is 12.7. The second kappa shape index (κ2) is 12.6. The average molecular weight is 603 g/mol. The zero-order valence-electron chi connectivity index (χ0n) is 20.1. The van der Waals surface area contributed by atoms with Crippen LogP contribution in [0.15, 0.2) is 36.4 Å². The molecule has 2 aromatic carbocycles. The van der Waals surface area contributed by atoms with Crippen molar-refractivity contribution in [3.05, 3.63) is 62.6 Å². The summed E-state index contributed by atoms with van der Waals surface area (Å²) in [5, 5.41) is 2.82. The number of benzene rings is 2. The second-order valence-electron chi connectivity index (χ2n) is 8.17. The Balaban J connectivity index is 2.50. The number of nitrogens with one attached hydrogen (secondary N) is 1. The van der Waals surface area contributed by atoms with Gasteiger partial charge in [0.2, 0.25) is 21.8 Å². The lowest BCUT2D eigenvalue weighted by atomic mass is 10.1. The van der Waals surface area contributed by atoms with Crippen molar-refractivity contribution in [2.45, 2.75) is 39.0 Å². The molecule has 0 radical (unpaired) electrons. The van der Waals surface area contributed by atoms with Crippen molar-refractivity contribution >= 4 is 62.3 Å². The van der Waals surface area contributed by atoms with Crippen molar-refractivity contribution in [2.24, 2.45) is 0 Å². The summed E-state index contributed by atoms with van der Waals surface area (Å²) in [5.41, 5.74) is -1.18. The second-order valence-corrected chi connectivity index (χ2v) is 11.3. The lowest BCUT2D eigenvalue weighted by Gasteiger charge is -2.32. The maximum absolute atomic E-state index is 13.5. The first-order valence-electron chi connectivity index (χ1n) is 10.9. The third-order valence-corrected chi connectivity index (χ3v) is 7.46. The highest BCUT2D eigenvalue weighted by molar-refractivity contribution is 7.92. The molecular formula is C23H25Cl3F3N3O4S. The predicted molar refractivity (Wildman–Crippen MR) is 138 cm³/mol. The van der Waals surface area contributed by atoms with Gasteiger partial charge in [0.25, 0.3) is 0 Å². The van der Waals surface area contributed by atoms with E-state index in [1.807, 2.05) is 6.92 Å². The first-order valence-corrected chi connectivity index (χ1v) is 13.9. The maximum atomic E-state index is 13.5. The van der Waals surface area contributed by atoms with Crippen molar-refractivity contribution in [1.29, 1.82) is 0 Å². The quantitative estimate of drug-likeness (QED) is 0.396. The standard InChI is InChI=1S/C23H25Cl3F3N3O4S/c1-4-9-30-22(34)14(2)31(12-15-5-7-17(24)19(26)10-15)21(33)13-32(37(3,35)36)20-11-16(23(27,28)29)6-8-18(20)25/h5-8,10-11,14H,4,9,12-13H2,1-3H3,(H,30,34)/t14-/m0/s1. The highest BCUT2D eigenvalue weighted by Crippen LogP contribution is 2.36. The molecule has 1 atom stereocenters. The zero-order chi connectivity index (χ0) is 28.1. The minimum Gasteiger partial charge on any atom is -0.354 e. The summed E-state index contributed by atoms with van der Waals surface area (Å²) in [7, 11) is -4.28. The van der Waals surface area contributed by atoms with E-state index in [1.54, 1.807) is 6.07 Å². The highest BCUT2D eigenvalue weighted by atomic mass is 35.5. The molecule has 0 aliphatic heterocycles. The van der Waals surface area contributed by atoms with Gasteiger partial charge < -0.3 is 10.2 Å². The molecule has 0 unspecified atom stereocenters. The summed E-state index contributed by atoms with van der Waals surface area (Å²) in [6.07, 6.45) is -3.41. The van der Waals surface area contributed by atoms with Crippen molar-refractivity contribution in [3.8, 4) is 0 Å². The first kappa shape index (κ1) is 31.0. The Morgan fingerprint density at radius 2 is 1.65 bits per heavy atom. The highest BCUT2D eigenvalue weighted by Gasteiger charge is 2.34. The molecule has 0 saturated carbocycles. The van der Waals surface area contributed by atoms with E-state index in [9.17, 15) is 31.2 Å². The summed E-state index contributed by atoms with van der Waals surface area (Å²) in [5.74, 6) is -1.36. The van der Waals surface area contributed by atoms with Gasteiger partial charge in [0.05, 0.1) is 32.6 Å². The number of nitrogens with zero attached hydrogens (tertiary/aromatic N) is 2. The van der Waals surface area contributed by atoms with Gasteiger partial charge in [-0.3, -0.25) is 13.9 Å². The smallest absolute Gasteiger partial charge is 0.354 e. The topological polar surface area (TPSA) is 86.8 Å². The molecule has 2 rings (SSSR count). The van der Waals surface area contributed by atoms with Crippen LogP contribution in [-0.2, 0) is 32.3 Å². The van der Waals surface area contributed by atoms with E-state index < -0.39 is 51.9 Å². The fourth-order valence-electron chi connectivity index (χ4n) is 3.29. The molecule has 0 heterocycles. The Hall–Kier alpha value is -2.21. The van der Waals surface area contributed by atoms with Crippen molar-refractivity contribution in [1.82, 2.24) is 10.2 Å². The molecule has 14 heteroatoms. The summed E-state index contributed by atoms with van der Waals surface area (Å²) in [4.78, 5) is 27.3. The molecule has 2 amide bonds. The fraction of sp³-hybridized carbons (Fsp3) is 0.391. The molecule has 204 valence electrons. The summed E-state index contributed by atoms with van der Waals surface area (Å²) >= 11 is 18.1. The van der Waals surface area contributed by atoms with E-state index in [-0.39, 0.29) is 21.6 Å². The Bertz CT molecular complexity index is 1260. The van der Waals surface area contributed by atoms with E-state index in [2.05, 4.69) is 5.32 Å². The Morgan fingerprint density at radius 3 is 2.19 bits per heavy atom. The van der Waals surface area contributed by atoms with Crippen LogP contribution in [0, 0.1) is 0 Å². The van der Waals surface area contributed by atoms with Crippen molar-refractivity contribution in [2.75, 3.05) is 23.7 Å². The van der Waals surface area contributed by atoms with E-state index in [0.717, 1.165) is 17.2 Å². The Morgan fingerprint density at radius 1 is 1.03 bits per heavy atom. The molecule has 0 saturated heterocycles. The van der Waals surface area contributed by atoms with E-state index in [1.165, 1.54) is 19.1 Å². The molecule has 0 aliphatic rings. The number of amides is 2. The lowest BCUT2D eigenvalue weighted by molar-refractivity contribution is -0.139. The predicted octanol–water partition coefficient (Wildman–Crippen LogP) is 5.38. The van der Waals surface area contributed by atoms with Gasteiger partial charge in [-0.05, 0) is 49.2 Å². The molecule has 7 nitrogen and oxygen atoms in total. The van der Waals surface area contributed by atoms with Crippen molar-refractivity contribution in [3.63, 3.8) is 0 Å².